The second kappa shape index (κ2) is 6.61. The molecule has 0 aromatic heterocycles. The van der Waals surface area contributed by atoms with E-state index in [0.29, 0.717) is 6.04 Å². The second-order valence-electron chi connectivity index (χ2n) is 4.33. The number of benzene rings is 1. The van der Waals surface area contributed by atoms with Gasteiger partial charge in [-0.1, -0.05) is 0 Å². The topological polar surface area (TPSA) is 41.6 Å². The van der Waals surface area contributed by atoms with Gasteiger partial charge in [0.05, 0.1) is 7.11 Å². The number of ether oxygens (including phenoxy) is 1. The van der Waals surface area contributed by atoms with Gasteiger partial charge in [-0.25, -0.2) is 0 Å². The van der Waals surface area contributed by atoms with Crippen molar-refractivity contribution in [2.24, 2.45) is 0 Å². The third kappa shape index (κ3) is 3.37. The van der Waals surface area contributed by atoms with Crippen molar-refractivity contribution in [1.29, 1.82) is 0 Å². The van der Waals surface area contributed by atoms with Crippen molar-refractivity contribution in [2.75, 3.05) is 26.7 Å². The Bertz CT molecular complexity index is 394. The van der Waals surface area contributed by atoms with Crippen LogP contribution in [0.1, 0.15) is 17.3 Å². The molecule has 0 radical (unpaired) electrons. The van der Waals surface area contributed by atoms with E-state index in [9.17, 15) is 4.79 Å². The van der Waals surface area contributed by atoms with Gasteiger partial charge in [0.25, 0.3) is 5.91 Å². The highest BCUT2D eigenvalue weighted by Crippen LogP contribution is 2.13. The van der Waals surface area contributed by atoms with Gasteiger partial charge in [-0.15, -0.1) is 12.4 Å². The number of hydrogen-bond donors (Lipinski definition) is 1. The lowest BCUT2D eigenvalue weighted by Gasteiger charge is -2.32. The predicted molar refractivity (Wildman–Crippen MR) is 73.6 cm³/mol. The van der Waals surface area contributed by atoms with E-state index in [-0.39, 0.29) is 18.3 Å². The fourth-order valence-corrected chi connectivity index (χ4v) is 2.03. The Morgan fingerprint density at radius 1 is 1.39 bits per heavy atom. The van der Waals surface area contributed by atoms with Crippen LogP contribution in [0.4, 0.5) is 0 Å². The first-order chi connectivity index (χ1) is 8.20. The minimum absolute atomic E-state index is 0. The molecule has 1 heterocycles. The molecule has 1 fully saturated rings. The van der Waals surface area contributed by atoms with Gasteiger partial charge in [-0.2, -0.15) is 0 Å². The molecule has 0 saturated carbocycles. The number of nitrogens with one attached hydrogen (secondary N) is 1. The van der Waals surface area contributed by atoms with E-state index in [1.165, 1.54) is 0 Å². The van der Waals surface area contributed by atoms with E-state index in [0.717, 1.165) is 30.9 Å². The first-order valence-corrected chi connectivity index (χ1v) is 5.87. The maximum absolute atomic E-state index is 12.2. The zero-order valence-corrected chi connectivity index (χ0v) is 11.5. The van der Waals surface area contributed by atoms with Crippen molar-refractivity contribution in [3.05, 3.63) is 29.8 Å². The summed E-state index contributed by atoms with van der Waals surface area (Å²) in [4.78, 5) is 14.1. The summed E-state index contributed by atoms with van der Waals surface area (Å²) in [6.45, 7) is 4.50. The van der Waals surface area contributed by atoms with Crippen molar-refractivity contribution in [3.63, 3.8) is 0 Å². The molecule has 4 nitrogen and oxygen atoms in total. The first kappa shape index (κ1) is 14.8. The van der Waals surface area contributed by atoms with E-state index in [1.54, 1.807) is 7.11 Å². The van der Waals surface area contributed by atoms with Crippen molar-refractivity contribution in [3.8, 4) is 5.75 Å². The minimum atomic E-state index is 0. The Hall–Kier alpha value is -1.26. The average Bonchev–Trinajstić information content (AvgIpc) is 2.38. The van der Waals surface area contributed by atoms with Gasteiger partial charge in [0.15, 0.2) is 0 Å². The second-order valence-corrected chi connectivity index (χ2v) is 4.33. The SMILES string of the molecule is COc1ccc(C(=O)N2CCNC(C)C2)cc1.Cl. The molecule has 1 aromatic carbocycles. The smallest absolute Gasteiger partial charge is 0.253 e. The molecule has 100 valence electrons. The Morgan fingerprint density at radius 2 is 2.06 bits per heavy atom. The number of carbonyl (C=O) groups excluding carboxylic acids is 1. The Balaban J connectivity index is 0.00000162. The van der Waals surface area contributed by atoms with Gasteiger partial charge >= 0.3 is 0 Å². The molecular formula is C13H19ClN2O2. The lowest BCUT2D eigenvalue weighted by Crippen LogP contribution is -2.51. The molecule has 2 rings (SSSR count). The molecule has 0 aliphatic carbocycles. The summed E-state index contributed by atoms with van der Waals surface area (Å²) in [5.74, 6) is 0.872. The standard InChI is InChI=1S/C13H18N2O2.ClH/c1-10-9-15(8-7-14-10)13(16)11-3-5-12(17-2)6-4-11;/h3-6,10,14H,7-9H2,1-2H3;1H. The van der Waals surface area contributed by atoms with E-state index in [2.05, 4.69) is 12.2 Å². The van der Waals surface area contributed by atoms with Gasteiger partial charge in [0.1, 0.15) is 5.75 Å². The molecule has 1 aliphatic heterocycles. The summed E-state index contributed by atoms with van der Waals surface area (Å²) in [7, 11) is 1.62. The van der Waals surface area contributed by atoms with Crippen LogP contribution in [0.3, 0.4) is 0 Å². The zero-order valence-electron chi connectivity index (χ0n) is 10.7. The number of halogens is 1. The van der Waals surface area contributed by atoms with Crippen LogP contribution in [0.5, 0.6) is 5.75 Å². The highest BCUT2D eigenvalue weighted by Gasteiger charge is 2.21. The van der Waals surface area contributed by atoms with Gasteiger partial charge < -0.3 is 15.0 Å². The number of amides is 1. The first-order valence-electron chi connectivity index (χ1n) is 5.87. The summed E-state index contributed by atoms with van der Waals surface area (Å²) in [5.41, 5.74) is 0.722. The summed E-state index contributed by atoms with van der Waals surface area (Å²) in [6, 6.07) is 7.63. The van der Waals surface area contributed by atoms with Crippen LogP contribution in [-0.2, 0) is 0 Å². The largest absolute Gasteiger partial charge is 0.497 e. The molecule has 1 amide bonds. The molecule has 1 aliphatic rings. The van der Waals surface area contributed by atoms with Gasteiger partial charge in [-0.3, -0.25) is 4.79 Å². The van der Waals surface area contributed by atoms with Gasteiger partial charge in [0, 0.05) is 31.2 Å². The third-order valence-corrected chi connectivity index (χ3v) is 2.99. The Labute approximate surface area is 114 Å². The molecule has 1 aromatic rings. The van der Waals surface area contributed by atoms with Crippen LogP contribution in [0.2, 0.25) is 0 Å². The molecule has 0 spiro atoms. The van der Waals surface area contributed by atoms with Crippen LogP contribution in [0.15, 0.2) is 24.3 Å². The van der Waals surface area contributed by atoms with Crippen molar-refractivity contribution >= 4 is 18.3 Å². The number of rotatable bonds is 2. The molecule has 1 N–H and O–H groups in total. The Morgan fingerprint density at radius 3 is 2.61 bits per heavy atom. The zero-order chi connectivity index (χ0) is 12.3. The molecular weight excluding hydrogens is 252 g/mol. The number of methoxy groups -OCH3 is 1. The van der Waals surface area contributed by atoms with E-state index >= 15 is 0 Å². The maximum atomic E-state index is 12.2. The summed E-state index contributed by atoms with van der Waals surface area (Å²) < 4.78 is 5.08. The van der Waals surface area contributed by atoms with Crippen molar-refractivity contribution in [1.82, 2.24) is 10.2 Å². The highest BCUT2D eigenvalue weighted by atomic mass is 35.5. The lowest BCUT2D eigenvalue weighted by molar-refractivity contribution is 0.0709. The molecule has 1 saturated heterocycles. The maximum Gasteiger partial charge on any atom is 0.253 e. The van der Waals surface area contributed by atoms with E-state index < -0.39 is 0 Å². The summed E-state index contributed by atoms with van der Waals surface area (Å²) >= 11 is 0. The van der Waals surface area contributed by atoms with E-state index in [4.69, 9.17) is 4.74 Å². The molecule has 1 unspecified atom stereocenters. The van der Waals surface area contributed by atoms with Crippen molar-refractivity contribution in [2.45, 2.75) is 13.0 Å². The monoisotopic (exact) mass is 270 g/mol. The van der Waals surface area contributed by atoms with Crippen LogP contribution in [-0.4, -0.2) is 43.6 Å². The number of nitrogens with zero attached hydrogens (tertiary/aromatic N) is 1. The average molecular weight is 271 g/mol. The normalized spacial score (nSPS) is 19.0. The van der Waals surface area contributed by atoms with Crippen molar-refractivity contribution < 1.29 is 9.53 Å². The Kier molecular flexibility index (Phi) is 5.44. The van der Waals surface area contributed by atoms with Crippen LogP contribution in [0, 0.1) is 0 Å². The molecule has 0 bridgehead atoms. The number of hydrogen-bond acceptors (Lipinski definition) is 3. The lowest BCUT2D eigenvalue weighted by atomic mass is 10.1. The number of piperazine rings is 1. The highest BCUT2D eigenvalue weighted by molar-refractivity contribution is 5.94. The molecule has 18 heavy (non-hydrogen) atoms. The van der Waals surface area contributed by atoms with Crippen LogP contribution >= 0.6 is 12.4 Å². The van der Waals surface area contributed by atoms with Gasteiger partial charge in [0.2, 0.25) is 0 Å². The van der Waals surface area contributed by atoms with Crippen LogP contribution < -0.4 is 10.1 Å². The predicted octanol–water partition coefficient (Wildman–Crippen LogP) is 1.55. The fraction of sp³-hybridized carbons (Fsp3) is 0.462. The fourth-order valence-electron chi connectivity index (χ4n) is 2.03. The molecule has 1 atom stereocenters. The van der Waals surface area contributed by atoms with Crippen LogP contribution in [0.25, 0.3) is 0 Å². The third-order valence-electron chi connectivity index (χ3n) is 2.99. The quantitative estimate of drug-likeness (QED) is 0.887. The summed E-state index contributed by atoms with van der Waals surface area (Å²) in [5, 5.41) is 3.32. The minimum Gasteiger partial charge on any atom is -0.497 e. The summed E-state index contributed by atoms with van der Waals surface area (Å²) in [6.07, 6.45) is 0. The van der Waals surface area contributed by atoms with E-state index in [1.807, 2.05) is 29.2 Å². The number of carbonyl (C=O) groups is 1. The molecule has 5 heteroatoms. The van der Waals surface area contributed by atoms with Gasteiger partial charge in [-0.05, 0) is 31.2 Å².